The molecule has 2 heterocycles. The molecule has 0 radical (unpaired) electrons. The minimum absolute atomic E-state index is 0.215. The van der Waals surface area contributed by atoms with Crippen molar-refractivity contribution >= 4 is 38.2 Å². The van der Waals surface area contributed by atoms with Gasteiger partial charge in [-0.05, 0) is 25.1 Å². The van der Waals surface area contributed by atoms with Gasteiger partial charge in [-0.1, -0.05) is 30.3 Å². The highest BCUT2D eigenvalue weighted by Gasteiger charge is 2.25. The van der Waals surface area contributed by atoms with Crippen LogP contribution < -0.4 is 5.56 Å². The van der Waals surface area contributed by atoms with Crippen molar-refractivity contribution in [1.29, 1.82) is 0 Å². The first-order chi connectivity index (χ1) is 13.0. The van der Waals surface area contributed by atoms with Gasteiger partial charge in [0.25, 0.3) is 11.5 Å². The zero-order valence-electron chi connectivity index (χ0n) is 15.2. The Hall–Kier alpha value is -3.06. The van der Waals surface area contributed by atoms with Crippen LogP contribution in [-0.4, -0.2) is 32.6 Å². The number of amides is 1. The van der Waals surface area contributed by atoms with E-state index in [0.717, 1.165) is 15.2 Å². The molecule has 2 aromatic heterocycles. The minimum atomic E-state index is -0.242. The molecule has 2 aromatic carbocycles. The summed E-state index contributed by atoms with van der Waals surface area (Å²) in [5.74, 6) is -0.242. The van der Waals surface area contributed by atoms with Crippen LogP contribution in [0.5, 0.6) is 0 Å². The predicted molar refractivity (Wildman–Crippen MR) is 107 cm³/mol. The Balaban J connectivity index is 1.75. The second kappa shape index (κ2) is 6.59. The number of fused-ring (bicyclic) bond motifs is 2. The van der Waals surface area contributed by atoms with E-state index in [0.29, 0.717) is 10.8 Å². The summed E-state index contributed by atoms with van der Waals surface area (Å²) < 4.78 is 2.30. The van der Waals surface area contributed by atoms with Crippen molar-refractivity contribution in [3.63, 3.8) is 0 Å². The zero-order chi connectivity index (χ0) is 19.1. The van der Waals surface area contributed by atoms with E-state index < -0.39 is 0 Å². The molecule has 7 heteroatoms. The molecule has 0 saturated carbocycles. The fourth-order valence-electron chi connectivity index (χ4n) is 3.03. The van der Waals surface area contributed by atoms with E-state index in [9.17, 15) is 9.59 Å². The topological polar surface area (TPSA) is 68.1 Å². The molecule has 4 aromatic rings. The number of benzene rings is 2. The lowest BCUT2D eigenvalue weighted by molar-refractivity contribution is 0.0736. The molecule has 0 aliphatic rings. The van der Waals surface area contributed by atoms with Gasteiger partial charge < -0.3 is 4.90 Å². The summed E-state index contributed by atoms with van der Waals surface area (Å²) in [6.07, 6.45) is 0. The van der Waals surface area contributed by atoms with Gasteiger partial charge in [-0.2, -0.15) is 5.10 Å². The zero-order valence-corrected chi connectivity index (χ0v) is 16.0. The molecule has 1 amide bonds. The summed E-state index contributed by atoms with van der Waals surface area (Å²) >= 11 is 1.57. The Morgan fingerprint density at radius 1 is 1.11 bits per heavy atom. The summed E-state index contributed by atoms with van der Waals surface area (Å²) in [5, 5.41) is 6.15. The molecule has 0 fully saturated rings. The predicted octanol–water partition coefficient (Wildman–Crippen LogP) is 3.38. The summed E-state index contributed by atoms with van der Waals surface area (Å²) in [6, 6.07) is 14.8. The largest absolute Gasteiger partial charge is 0.331 e. The molecule has 0 aliphatic heterocycles. The van der Waals surface area contributed by atoms with Crippen LogP contribution in [0, 0.1) is 0 Å². The smallest absolute Gasteiger partial charge is 0.275 e. The van der Waals surface area contributed by atoms with E-state index >= 15 is 0 Å². The Kier molecular flexibility index (Phi) is 4.24. The van der Waals surface area contributed by atoms with Crippen LogP contribution in [0.4, 0.5) is 0 Å². The molecule has 6 nitrogen and oxygen atoms in total. The SMILES string of the molecule is C[C@@H](c1nc2ccccc2s1)N(C)C(=O)c1nn(C)c(=O)c2ccccc12. The third-order valence-electron chi connectivity index (χ3n) is 4.73. The van der Waals surface area contributed by atoms with Crippen molar-refractivity contribution in [3.8, 4) is 0 Å². The van der Waals surface area contributed by atoms with Crippen LogP contribution in [0.1, 0.15) is 28.5 Å². The average Bonchev–Trinajstić information content (AvgIpc) is 3.13. The Morgan fingerprint density at radius 2 is 1.78 bits per heavy atom. The maximum Gasteiger partial charge on any atom is 0.275 e. The van der Waals surface area contributed by atoms with Gasteiger partial charge in [0, 0.05) is 19.5 Å². The first-order valence-electron chi connectivity index (χ1n) is 8.56. The van der Waals surface area contributed by atoms with Crippen LogP contribution in [0.15, 0.2) is 53.3 Å². The molecule has 0 aliphatic carbocycles. The van der Waals surface area contributed by atoms with Crippen molar-refractivity contribution in [3.05, 3.63) is 69.6 Å². The van der Waals surface area contributed by atoms with Crippen molar-refractivity contribution in [2.24, 2.45) is 7.05 Å². The number of carbonyl (C=O) groups is 1. The number of aryl methyl sites for hydroxylation is 1. The lowest BCUT2D eigenvalue weighted by Crippen LogP contribution is -2.33. The molecule has 0 spiro atoms. The van der Waals surface area contributed by atoms with Gasteiger partial charge in [-0.3, -0.25) is 9.59 Å². The molecule has 1 atom stereocenters. The molecule has 0 N–H and O–H groups in total. The fourth-order valence-corrected chi connectivity index (χ4v) is 4.10. The van der Waals surface area contributed by atoms with Crippen molar-refractivity contribution in [2.45, 2.75) is 13.0 Å². The molecule has 4 rings (SSSR count). The first-order valence-corrected chi connectivity index (χ1v) is 9.37. The van der Waals surface area contributed by atoms with E-state index in [1.165, 1.54) is 4.68 Å². The third kappa shape index (κ3) is 2.90. The van der Waals surface area contributed by atoms with Gasteiger partial charge in [0.1, 0.15) is 5.01 Å². The first kappa shape index (κ1) is 17.4. The molecule has 27 heavy (non-hydrogen) atoms. The molecule has 0 saturated heterocycles. The van der Waals surface area contributed by atoms with Crippen molar-refractivity contribution in [2.75, 3.05) is 7.05 Å². The van der Waals surface area contributed by atoms with Gasteiger partial charge >= 0.3 is 0 Å². The molecule has 0 bridgehead atoms. The summed E-state index contributed by atoms with van der Waals surface area (Å²) in [6.45, 7) is 1.94. The van der Waals surface area contributed by atoms with Crippen LogP contribution in [0.25, 0.3) is 21.0 Å². The summed E-state index contributed by atoms with van der Waals surface area (Å²) in [7, 11) is 3.29. The molecule has 136 valence electrons. The summed E-state index contributed by atoms with van der Waals surface area (Å²) in [5.41, 5.74) is 0.975. The average molecular weight is 378 g/mol. The Labute approximate surface area is 159 Å². The van der Waals surface area contributed by atoms with Gasteiger partial charge in [-0.25, -0.2) is 9.67 Å². The fraction of sp³-hybridized carbons (Fsp3) is 0.200. The van der Waals surface area contributed by atoms with Crippen LogP contribution in [0.2, 0.25) is 0 Å². The maximum atomic E-state index is 13.2. The van der Waals surface area contributed by atoms with Crippen molar-refractivity contribution in [1.82, 2.24) is 19.7 Å². The number of rotatable bonds is 3. The number of hydrogen-bond donors (Lipinski definition) is 0. The number of para-hydroxylation sites is 1. The van der Waals surface area contributed by atoms with E-state index in [-0.39, 0.29) is 23.2 Å². The van der Waals surface area contributed by atoms with Gasteiger partial charge in [0.05, 0.1) is 21.6 Å². The van der Waals surface area contributed by atoms with E-state index in [2.05, 4.69) is 10.1 Å². The quantitative estimate of drug-likeness (QED) is 0.548. The molecular formula is C20H18N4O2S. The van der Waals surface area contributed by atoms with Gasteiger partial charge in [0.2, 0.25) is 0 Å². The molecular weight excluding hydrogens is 360 g/mol. The second-order valence-corrected chi connectivity index (χ2v) is 7.50. The van der Waals surface area contributed by atoms with E-state index in [1.54, 1.807) is 54.6 Å². The van der Waals surface area contributed by atoms with E-state index in [1.807, 2.05) is 31.2 Å². The lowest BCUT2D eigenvalue weighted by atomic mass is 10.1. The lowest BCUT2D eigenvalue weighted by Gasteiger charge is -2.23. The second-order valence-electron chi connectivity index (χ2n) is 6.43. The highest BCUT2D eigenvalue weighted by Crippen LogP contribution is 2.29. The van der Waals surface area contributed by atoms with Gasteiger partial charge in [-0.15, -0.1) is 11.3 Å². The number of thiazole rings is 1. The normalized spacial score (nSPS) is 12.4. The Morgan fingerprint density at radius 3 is 2.52 bits per heavy atom. The highest BCUT2D eigenvalue weighted by atomic mass is 32.1. The van der Waals surface area contributed by atoms with Gasteiger partial charge in [0.15, 0.2) is 5.69 Å². The number of aromatic nitrogens is 3. The standard InChI is InChI=1S/C20H18N4O2S/c1-12(18-21-15-10-6-7-11-16(15)27-18)23(2)20(26)17-13-8-4-5-9-14(13)19(25)24(3)22-17/h4-12H,1-3H3/t12-/m0/s1. The minimum Gasteiger partial charge on any atom is -0.331 e. The molecule has 0 unspecified atom stereocenters. The van der Waals surface area contributed by atoms with Crippen molar-refractivity contribution < 1.29 is 4.79 Å². The summed E-state index contributed by atoms with van der Waals surface area (Å²) in [4.78, 5) is 31.7. The monoisotopic (exact) mass is 378 g/mol. The number of nitrogens with zero attached hydrogens (tertiary/aromatic N) is 4. The Bertz CT molecular complexity index is 1190. The van der Waals surface area contributed by atoms with Crippen LogP contribution in [0.3, 0.4) is 0 Å². The number of carbonyl (C=O) groups excluding carboxylic acids is 1. The van der Waals surface area contributed by atoms with E-state index in [4.69, 9.17) is 0 Å². The maximum absolute atomic E-state index is 13.2. The van der Waals surface area contributed by atoms with Crippen LogP contribution in [-0.2, 0) is 7.05 Å². The third-order valence-corrected chi connectivity index (χ3v) is 5.93. The number of hydrogen-bond acceptors (Lipinski definition) is 5. The van der Waals surface area contributed by atoms with Crippen LogP contribution >= 0.6 is 11.3 Å². The highest BCUT2D eigenvalue weighted by molar-refractivity contribution is 7.18.